The number of ketones is 1. The summed E-state index contributed by atoms with van der Waals surface area (Å²) >= 11 is 3.59. The van der Waals surface area contributed by atoms with Crippen LogP contribution >= 0.6 is 23.1 Å². The molecule has 0 spiro atoms. The molecule has 0 amide bonds. The molecule has 0 aromatic carbocycles. The highest BCUT2D eigenvalue weighted by molar-refractivity contribution is 8.00. The maximum Gasteiger partial charge on any atom is 0.143 e. The maximum absolute atomic E-state index is 11.7. The Morgan fingerprint density at radius 2 is 2.25 bits per heavy atom. The standard InChI is InChI=1S/C13H18OS2/c14-12(6-5-11-7-8-15-9-11)10-16-13-3-1-2-4-13/h7-9,13H,1-6,10H2. The summed E-state index contributed by atoms with van der Waals surface area (Å²) in [5.41, 5.74) is 1.31. The Kier molecular flexibility index (Phi) is 4.91. The molecule has 1 aromatic rings. The molecule has 0 unspecified atom stereocenters. The fourth-order valence-corrected chi connectivity index (χ4v) is 3.99. The van der Waals surface area contributed by atoms with E-state index in [0.29, 0.717) is 5.78 Å². The Morgan fingerprint density at radius 1 is 1.44 bits per heavy atom. The number of aryl methyl sites for hydroxylation is 1. The summed E-state index contributed by atoms with van der Waals surface area (Å²) in [5, 5.41) is 4.98. The van der Waals surface area contributed by atoms with Crippen LogP contribution in [0.2, 0.25) is 0 Å². The van der Waals surface area contributed by atoms with Gasteiger partial charge in [0.2, 0.25) is 0 Å². The van der Waals surface area contributed by atoms with E-state index in [1.807, 2.05) is 11.8 Å². The molecule has 0 aliphatic heterocycles. The molecule has 0 saturated heterocycles. The van der Waals surface area contributed by atoms with Crippen LogP contribution in [0.3, 0.4) is 0 Å². The molecule has 1 fully saturated rings. The fraction of sp³-hybridized carbons (Fsp3) is 0.615. The number of hydrogen-bond donors (Lipinski definition) is 0. The number of Topliss-reactive ketones (excluding diaryl/α,β-unsaturated/α-hetero) is 1. The third-order valence-corrected chi connectivity index (χ3v) is 5.22. The van der Waals surface area contributed by atoms with E-state index < -0.39 is 0 Å². The fourth-order valence-electron chi connectivity index (χ4n) is 2.06. The molecule has 1 aromatic heterocycles. The van der Waals surface area contributed by atoms with E-state index in [1.54, 1.807) is 11.3 Å². The van der Waals surface area contributed by atoms with Crippen LogP contribution in [0.5, 0.6) is 0 Å². The number of rotatable bonds is 6. The zero-order valence-corrected chi connectivity index (χ0v) is 11.1. The quantitative estimate of drug-likeness (QED) is 0.765. The van der Waals surface area contributed by atoms with Crippen molar-refractivity contribution in [3.05, 3.63) is 22.4 Å². The molecule has 3 heteroatoms. The lowest BCUT2D eigenvalue weighted by Gasteiger charge is -2.07. The second kappa shape index (κ2) is 6.45. The molecule has 0 radical (unpaired) electrons. The summed E-state index contributed by atoms with van der Waals surface area (Å²) in [5.74, 6) is 1.15. The highest BCUT2D eigenvalue weighted by atomic mass is 32.2. The van der Waals surface area contributed by atoms with Gasteiger partial charge in [0.25, 0.3) is 0 Å². The smallest absolute Gasteiger partial charge is 0.143 e. The summed E-state index contributed by atoms with van der Waals surface area (Å²) in [6.07, 6.45) is 7.01. The first-order valence-corrected chi connectivity index (χ1v) is 7.98. The van der Waals surface area contributed by atoms with Crippen molar-refractivity contribution in [1.29, 1.82) is 0 Å². The Hall–Kier alpha value is -0.280. The normalized spacial score (nSPS) is 16.8. The van der Waals surface area contributed by atoms with E-state index in [9.17, 15) is 4.79 Å². The van der Waals surface area contributed by atoms with Crippen LogP contribution in [0.25, 0.3) is 0 Å². The Bertz CT molecular complexity index is 313. The van der Waals surface area contributed by atoms with Gasteiger partial charge in [0.1, 0.15) is 5.78 Å². The lowest BCUT2D eigenvalue weighted by molar-refractivity contribution is -0.116. The zero-order valence-electron chi connectivity index (χ0n) is 9.48. The lowest BCUT2D eigenvalue weighted by Crippen LogP contribution is -2.06. The van der Waals surface area contributed by atoms with Crippen LogP contribution in [0.15, 0.2) is 16.8 Å². The monoisotopic (exact) mass is 254 g/mol. The first-order chi connectivity index (χ1) is 7.84. The van der Waals surface area contributed by atoms with Gasteiger partial charge in [0.15, 0.2) is 0 Å². The maximum atomic E-state index is 11.7. The van der Waals surface area contributed by atoms with E-state index in [-0.39, 0.29) is 0 Å². The van der Waals surface area contributed by atoms with Crippen LogP contribution in [-0.2, 0) is 11.2 Å². The molecule has 16 heavy (non-hydrogen) atoms. The Morgan fingerprint density at radius 3 is 2.94 bits per heavy atom. The first-order valence-electron chi connectivity index (χ1n) is 5.99. The van der Waals surface area contributed by atoms with Crippen LogP contribution in [0.1, 0.15) is 37.7 Å². The van der Waals surface area contributed by atoms with Crippen molar-refractivity contribution in [2.24, 2.45) is 0 Å². The summed E-state index contributed by atoms with van der Waals surface area (Å²) in [6.45, 7) is 0. The van der Waals surface area contributed by atoms with Crippen molar-refractivity contribution >= 4 is 28.9 Å². The number of thiophene rings is 1. The topological polar surface area (TPSA) is 17.1 Å². The number of carbonyl (C=O) groups excluding carboxylic acids is 1. The molecular formula is C13H18OS2. The summed E-state index contributed by atoms with van der Waals surface area (Å²) in [6, 6.07) is 2.11. The third-order valence-electron chi connectivity index (χ3n) is 3.05. The molecule has 1 aliphatic carbocycles. The molecule has 0 N–H and O–H groups in total. The van der Waals surface area contributed by atoms with E-state index in [4.69, 9.17) is 0 Å². The Balaban J connectivity index is 1.60. The van der Waals surface area contributed by atoms with Gasteiger partial charge in [-0.3, -0.25) is 4.79 Å². The molecule has 1 aliphatic rings. The second-order valence-electron chi connectivity index (χ2n) is 4.39. The van der Waals surface area contributed by atoms with Gasteiger partial charge in [-0.15, -0.1) is 0 Å². The summed E-state index contributed by atoms with van der Waals surface area (Å²) < 4.78 is 0. The van der Waals surface area contributed by atoms with Gasteiger partial charge >= 0.3 is 0 Å². The third kappa shape index (κ3) is 3.95. The van der Waals surface area contributed by atoms with Crippen molar-refractivity contribution in [3.63, 3.8) is 0 Å². The minimum Gasteiger partial charge on any atom is -0.299 e. The number of hydrogen-bond acceptors (Lipinski definition) is 3. The van der Waals surface area contributed by atoms with Gasteiger partial charge in [0, 0.05) is 11.7 Å². The van der Waals surface area contributed by atoms with Crippen molar-refractivity contribution < 1.29 is 4.79 Å². The molecule has 1 nitrogen and oxygen atoms in total. The van der Waals surface area contributed by atoms with Crippen LogP contribution in [-0.4, -0.2) is 16.8 Å². The lowest BCUT2D eigenvalue weighted by atomic mass is 10.1. The second-order valence-corrected chi connectivity index (χ2v) is 6.46. The summed E-state index contributed by atoms with van der Waals surface area (Å²) in [4.78, 5) is 11.7. The van der Waals surface area contributed by atoms with Crippen molar-refractivity contribution in [2.45, 2.75) is 43.8 Å². The predicted octanol–water partition coefficient (Wildman–Crippen LogP) is 3.93. The minimum atomic E-state index is 0.420. The predicted molar refractivity (Wildman–Crippen MR) is 72.4 cm³/mol. The minimum absolute atomic E-state index is 0.420. The average Bonchev–Trinajstić information content (AvgIpc) is 2.96. The van der Waals surface area contributed by atoms with Gasteiger partial charge in [0.05, 0.1) is 5.75 Å². The van der Waals surface area contributed by atoms with Gasteiger partial charge < -0.3 is 0 Å². The molecule has 2 rings (SSSR count). The SMILES string of the molecule is O=C(CCc1ccsc1)CSC1CCCC1. The van der Waals surface area contributed by atoms with Gasteiger partial charge in [-0.05, 0) is 41.7 Å². The van der Waals surface area contributed by atoms with Gasteiger partial charge in [-0.25, -0.2) is 0 Å². The van der Waals surface area contributed by atoms with Crippen LogP contribution in [0, 0.1) is 0 Å². The van der Waals surface area contributed by atoms with Gasteiger partial charge in [-0.1, -0.05) is 12.8 Å². The molecule has 0 atom stereocenters. The molecular weight excluding hydrogens is 236 g/mol. The summed E-state index contributed by atoms with van der Waals surface area (Å²) in [7, 11) is 0. The molecule has 88 valence electrons. The average molecular weight is 254 g/mol. The van der Waals surface area contributed by atoms with Crippen molar-refractivity contribution in [2.75, 3.05) is 5.75 Å². The molecule has 1 saturated carbocycles. The van der Waals surface area contributed by atoms with Crippen molar-refractivity contribution in [1.82, 2.24) is 0 Å². The first kappa shape index (κ1) is 12.2. The van der Waals surface area contributed by atoms with Gasteiger partial charge in [-0.2, -0.15) is 23.1 Å². The van der Waals surface area contributed by atoms with E-state index in [0.717, 1.165) is 23.8 Å². The number of carbonyl (C=O) groups is 1. The highest BCUT2D eigenvalue weighted by Crippen LogP contribution is 2.29. The van der Waals surface area contributed by atoms with E-state index >= 15 is 0 Å². The van der Waals surface area contributed by atoms with Crippen LogP contribution < -0.4 is 0 Å². The van der Waals surface area contributed by atoms with Crippen molar-refractivity contribution in [3.8, 4) is 0 Å². The Labute approximate surface area is 106 Å². The zero-order chi connectivity index (χ0) is 11.2. The van der Waals surface area contributed by atoms with E-state index in [2.05, 4.69) is 16.8 Å². The molecule has 0 bridgehead atoms. The highest BCUT2D eigenvalue weighted by Gasteiger charge is 2.16. The largest absolute Gasteiger partial charge is 0.299 e. The molecule has 1 heterocycles. The number of thioether (sulfide) groups is 1. The van der Waals surface area contributed by atoms with E-state index in [1.165, 1.54) is 31.2 Å². The van der Waals surface area contributed by atoms with Crippen LogP contribution in [0.4, 0.5) is 0 Å².